The zero-order chi connectivity index (χ0) is 18.5. The van der Waals surface area contributed by atoms with Crippen molar-refractivity contribution in [1.82, 2.24) is 5.32 Å². The molecule has 0 spiro atoms. The highest BCUT2D eigenvalue weighted by molar-refractivity contribution is 6.06. The van der Waals surface area contributed by atoms with E-state index in [2.05, 4.69) is 20.6 Å². The molecule has 136 valence electrons. The molecule has 0 amide bonds. The molecule has 1 aliphatic rings. The molecule has 2 aromatic rings. The normalized spacial score (nSPS) is 16.0. The second-order valence-electron chi connectivity index (χ2n) is 5.43. The third kappa shape index (κ3) is 3.64. The summed E-state index contributed by atoms with van der Waals surface area (Å²) < 4.78 is 16.0. The monoisotopic (exact) mass is 355 g/mol. The van der Waals surface area contributed by atoms with Gasteiger partial charge in [-0.3, -0.25) is 5.32 Å². The van der Waals surface area contributed by atoms with Gasteiger partial charge in [-0.2, -0.15) is 0 Å². The van der Waals surface area contributed by atoms with Crippen LogP contribution < -0.4 is 30.6 Å². The molecule has 1 heterocycles. The fourth-order valence-corrected chi connectivity index (χ4v) is 2.57. The first kappa shape index (κ1) is 17.4. The van der Waals surface area contributed by atoms with Crippen LogP contribution in [0, 0.1) is 0 Å². The van der Waals surface area contributed by atoms with Crippen molar-refractivity contribution in [2.75, 3.05) is 26.6 Å². The van der Waals surface area contributed by atoms with Gasteiger partial charge in [-0.25, -0.2) is 9.98 Å². The van der Waals surface area contributed by atoms with Crippen LogP contribution in [0.15, 0.2) is 52.4 Å². The Morgan fingerprint density at radius 2 is 1.65 bits per heavy atom. The van der Waals surface area contributed by atoms with E-state index in [4.69, 9.17) is 19.9 Å². The number of para-hydroxylation sites is 2. The number of methoxy groups -OCH3 is 3. The van der Waals surface area contributed by atoms with E-state index >= 15 is 0 Å². The molecule has 0 fully saturated rings. The number of nitrogens with two attached hydrogens (primary N) is 1. The summed E-state index contributed by atoms with van der Waals surface area (Å²) >= 11 is 0. The van der Waals surface area contributed by atoms with Crippen LogP contribution in [0.2, 0.25) is 0 Å². The van der Waals surface area contributed by atoms with Gasteiger partial charge in [0.05, 0.1) is 27.0 Å². The van der Waals surface area contributed by atoms with E-state index < -0.39 is 6.17 Å². The van der Waals surface area contributed by atoms with Crippen LogP contribution in [0.1, 0.15) is 11.7 Å². The van der Waals surface area contributed by atoms with Gasteiger partial charge in [0.2, 0.25) is 5.96 Å². The summed E-state index contributed by atoms with van der Waals surface area (Å²) in [5.74, 6) is 2.67. The van der Waals surface area contributed by atoms with Gasteiger partial charge in [0.15, 0.2) is 23.6 Å². The lowest BCUT2D eigenvalue weighted by Crippen LogP contribution is -2.43. The van der Waals surface area contributed by atoms with Crippen molar-refractivity contribution in [3.63, 3.8) is 0 Å². The summed E-state index contributed by atoms with van der Waals surface area (Å²) in [6.45, 7) is 0. The molecule has 2 aromatic carbocycles. The Bertz CT molecular complexity index is 850. The number of guanidine groups is 2. The van der Waals surface area contributed by atoms with Crippen LogP contribution in [0.5, 0.6) is 17.2 Å². The molecular weight excluding hydrogens is 334 g/mol. The summed E-state index contributed by atoms with van der Waals surface area (Å²) in [6.07, 6.45) is -0.506. The summed E-state index contributed by atoms with van der Waals surface area (Å²) in [5, 5.41) is 6.10. The maximum atomic E-state index is 5.93. The number of benzene rings is 2. The number of aliphatic imine (C=N–C) groups is 2. The molecule has 8 heteroatoms. The molecule has 0 radical (unpaired) electrons. The molecule has 0 unspecified atom stereocenters. The summed E-state index contributed by atoms with van der Waals surface area (Å²) in [7, 11) is 4.78. The van der Waals surface area contributed by atoms with Crippen LogP contribution >= 0.6 is 0 Å². The standard InChI is InChI=1S/C18H21N5O3/c1-24-13-7-5-4-6-12(13)20-18-22-16(21-17(19)23-18)11-8-9-14(25-2)15(10-11)26-3/h4-10,16H,1-3H3,(H4,19,20,21,22,23)/t16-/m0/s1. The number of ether oxygens (including phenoxy) is 3. The molecule has 0 aliphatic carbocycles. The average Bonchev–Trinajstić information content (AvgIpc) is 2.67. The third-order valence-corrected chi connectivity index (χ3v) is 3.83. The van der Waals surface area contributed by atoms with Crippen LogP contribution in [-0.4, -0.2) is 33.2 Å². The number of nitrogens with zero attached hydrogens (tertiary/aromatic N) is 2. The zero-order valence-corrected chi connectivity index (χ0v) is 14.8. The summed E-state index contributed by atoms with van der Waals surface area (Å²) in [5.41, 5.74) is 7.53. The predicted octanol–water partition coefficient (Wildman–Crippen LogP) is 2.10. The molecular formula is C18H21N5O3. The SMILES string of the molecule is COc1ccccc1NC1=N[C@@H](c2ccc(OC)c(OC)c2)N=C(N)N1. The first-order valence-electron chi connectivity index (χ1n) is 7.94. The minimum Gasteiger partial charge on any atom is -0.495 e. The number of anilines is 1. The number of hydrogen-bond donors (Lipinski definition) is 3. The van der Waals surface area contributed by atoms with Crippen molar-refractivity contribution >= 4 is 17.6 Å². The minimum atomic E-state index is -0.506. The highest BCUT2D eigenvalue weighted by Gasteiger charge is 2.19. The van der Waals surface area contributed by atoms with E-state index in [1.807, 2.05) is 42.5 Å². The van der Waals surface area contributed by atoms with E-state index in [0.29, 0.717) is 23.2 Å². The van der Waals surface area contributed by atoms with Crippen LogP contribution in [0.25, 0.3) is 0 Å². The second-order valence-corrected chi connectivity index (χ2v) is 5.43. The first-order chi connectivity index (χ1) is 12.6. The Hall–Kier alpha value is -3.42. The Morgan fingerprint density at radius 1 is 0.923 bits per heavy atom. The zero-order valence-electron chi connectivity index (χ0n) is 14.8. The lowest BCUT2D eigenvalue weighted by atomic mass is 10.1. The van der Waals surface area contributed by atoms with Gasteiger partial charge in [0.25, 0.3) is 0 Å². The van der Waals surface area contributed by atoms with Gasteiger partial charge in [-0.05, 0) is 24.3 Å². The molecule has 0 aromatic heterocycles. The molecule has 4 N–H and O–H groups in total. The molecule has 26 heavy (non-hydrogen) atoms. The molecule has 0 bridgehead atoms. The maximum Gasteiger partial charge on any atom is 0.205 e. The Balaban J connectivity index is 1.89. The van der Waals surface area contributed by atoms with Crippen molar-refractivity contribution in [2.45, 2.75) is 6.17 Å². The average molecular weight is 355 g/mol. The van der Waals surface area contributed by atoms with E-state index in [0.717, 1.165) is 11.3 Å². The van der Waals surface area contributed by atoms with E-state index in [1.165, 1.54) is 0 Å². The van der Waals surface area contributed by atoms with Crippen molar-refractivity contribution in [1.29, 1.82) is 0 Å². The maximum absolute atomic E-state index is 5.93. The van der Waals surface area contributed by atoms with Gasteiger partial charge < -0.3 is 25.3 Å². The topological polar surface area (TPSA) is 102 Å². The lowest BCUT2D eigenvalue weighted by molar-refractivity contribution is 0.354. The van der Waals surface area contributed by atoms with Crippen molar-refractivity contribution in [2.24, 2.45) is 15.7 Å². The highest BCUT2D eigenvalue weighted by atomic mass is 16.5. The smallest absolute Gasteiger partial charge is 0.205 e. The Morgan fingerprint density at radius 3 is 2.38 bits per heavy atom. The summed E-state index contributed by atoms with van der Waals surface area (Å²) in [4.78, 5) is 8.93. The third-order valence-electron chi connectivity index (χ3n) is 3.83. The Kier molecular flexibility index (Phi) is 5.12. The van der Waals surface area contributed by atoms with Gasteiger partial charge in [0.1, 0.15) is 5.75 Å². The predicted molar refractivity (Wildman–Crippen MR) is 101 cm³/mol. The van der Waals surface area contributed by atoms with Crippen molar-refractivity contribution in [3.05, 3.63) is 48.0 Å². The first-order valence-corrected chi connectivity index (χ1v) is 7.94. The fraction of sp³-hybridized carbons (Fsp3) is 0.222. The molecule has 0 saturated carbocycles. The molecule has 3 rings (SSSR count). The van der Waals surface area contributed by atoms with E-state index in [-0.39, 0.29) is 5.96 Å². The van der Waals surface area contributed by atoms with Crippen LogP contribution in [-0.2, 0) is 0 Å². The molecule has 8 nitrogen and oxygen atoms in total. The van der Waals surface area contributed by atoms with Crippen LogP contribution in [0.4, 0.5) is 5.69 Å². The van der Waals surface area contributed by atoms with Gasteiger partial charge in [-0.1, -0.05) is 18.2 Å². The van der Waals surface area contributed by atoms with Gasteiger partial charge in [0, 0.05) is 5.56 Å². The number of hydrogen-bond acceptors (Lipinski definition) is 8. The Labute approximate surface area is 151 Å². The van der Waals surface area contributed by atoms with E-state index in [9.17, 15) is 0 Å². The molecule has 0 saturated heterocycles. The molecule has 1 aliphatic heterocycles. The summed E-state index contributed by atoms with van der Waals surface area (Å²) in [6, 6.07) is 13.0. The minimum absolute atomic E-state index is 0.261. The second kappa shape index (κ2) is 7.64. The van der Waals surface area contributed by atoms with Crippen LogP contribution in [0.3, 0.4) is 0 Å². The van der Waals surface area contributed by atoms with Gasteiger partial charge in [-0.15, -0.1) is 0 Å². The number of rotatable bonds is 5. The van der Waals surface area contributed by atoms with Gasteiger partial charge >= 0.3 is 0 Å². The number of nitrogens with one attached hydrogen (secondary N) is 2. The lowest BCUT2D eigenvalue weighted by Gasteiger charge is -2.21. The van der Waals surface area contributed by atoms with E-state index in [1.54, 1.807) is 21.3 Å². The highest BCUT2D eigenvalue weighted by Crippen LogP contribution is 2.32. The quantitative estimate of drug-likeness (QED) is 0.759. The molecule has 1 atom stereocenters. The van der Waals surface area contributed by atoms with Crippen molar-refractivity contribution in [3.8, 4) is 17.2 Å². The largest absolute Gasteiger partial charge is 0.495 e. The van der Waals surface area contributed by atoms with Crippen molar-refractivity contribution < 1.29 is 14.2 Å². The fourth-order valence-electron chi connectivity index (χ4n) is 2.57.